The van der Waals surface area contributed by atoms with E-state index in [4.69, 9.17) is 5.53 Å². The highest BCUT2D eigenvalue weighted by Crippen LogP contribution is 2.23. The molecule has 0 spiro atoms. The Labute approximate surface area is 89.4 Å². The predicted molar refractivity (Wildman–Crippen MR) is 54.7 cm³/mol. The molecule has 0 aliphatic rings. The Kier molecular flexibility index (Phi) is 4.26. The van der Waals surface area contributed by atoms with Crippen molar-refractivity contribution in [1.29, 1.82) is 0 Å². The van der Waals surface area contributed by atoms with E-state index in [2.05, 4.69) is 10.0 Å². The van der Waals surface area contributed by atoms with Gasteiger partial charge in [-0.3, -0.25) is 4.79 Å². The van der Waals surface area contributed by atoms with Crippen molar-refractivity contribution in [3.8, 4) is 0 Å². The first-order chi connectivity index (χ1) is 7.20. The first-order valence-corrected chi connectivity index (χ1v) is 5.03. The fourth-order valence-electron chi connectivity index (χ4n) is 1.08. The second kappa shape index (κ2) is 5.47. The number of carbonyl (C=O) groups excluding carboxylic acids is 1. The second-order valence-electron chi connectivity index (χ2n) is 2.83. The molecule has 0 aliphatic carbocycles. The molecule has 1 heterocycles. The summed E-state index contributed by atoms with van der Waals surface area (Å²) in [5, 5.41) is 25.3. The molecule has 1 aromatic heterocycles. The highest BCUT2D eigenvalue weighted by atomic mass is 32.1. The summed E-state index contributed by atoms with van der Waals surface area (Å²) in [7, 11) is 0. The standard InChI is InChI=1S/C8H9N3O3S/c9-11-10-1-7(13)8(14)6-4-15-3-5(6)2-12/h2-4,7-8,13-14H,1H2. The van der Waals surface area contributed by atoms with Gasteiger partial charge in [-0.15, -0.1) is 0 Å². The zero-order valence-electron chi connectivity index (χ0n) is 7.65. The number of aliphatic hydroxyl groups is 2. The van der Waals surface area contributed by atoms with Crippen molar-refractivity contribution < 1.29 is 15.0 Å². The quantitative estimate of drug-likeness (QED) is 0.342. The maximum Gasteiger partial charge on any atom is 0.151 e. The molecule has 0 fully saturated rings. The van der Waals surface area contributed by atoms with Crippen LogP contribution in [0, 0.1) is 0 Å². The van der Waals surface area contributed by atoms with Gasteiger partial charge in [0.15, 0.2) is 6.29 Å². The molecular weight excluding hydrogens is 218 g/mol. The van der Waals surface area contributed by atoms with E-state index >= 15 is 0 Å². The first-order valence-electron chi connectivity index (χ1n) is 4.09. The maximum absolute atomic E-state index is 10.6. The molecule has 2 unspecified atom stereocenters. The summed E-state index contributed by atoms with van der Waals surface area (Å²) >= 11 is 1.25. The van der Waals surface area contributed by atoms with Crippen LogP contribution in [-0.2, 0) is 0 Å². The van der Waals surface area contributed by atoms with E-state index in [1.54, 1.807) is 10.8 Å². The molecule has 0 amide bonds. The number of nitrogens with zero attached hydrogens (tertiary/aromatic N) is 3. The molecule has 0 saturated heterocycles. The van der Waals surface area contributed by atoms with Crippen LogP contribution in [-0.4, -0.2) is 29.1 Å². The molecule has 0 aromatic carbocycles. The minimum Gasteiger partial charge on any atom is -0.390 e. The van der Waals surface area contributed by atoms with Crippen LogP contribution in [0.15, 0.2) is 15.9 Å². The summed E-state index contributed by atoms with van der Waals surface area (Å²) in [5.74, 6) is 0. The van der Waals surface area contributed by atoms with Crippen molar-refractivity contribution in [1.82, 2.24) is 0 Å². The van der Waals surface area contributed by atoms with E-state index in [-0.39, 0.29) is 6.54 Å². The second-order valence-corrected chi connectivity index (χ2v) is 3.57. The lowest BCUT2D eigenvalue weighted by Gasteiger charge is -2.15. The molecule has 2 atom stereocenters. The van der Waals surface area contributed by atoms with Crippen LogP contribution in [0.1, 0.15) is 22.0 Å². The van der Waals surface area contributed by atoms with Gasteiger partial charge in [-0.1, -0.05) is 5.11 Å². The number of hydrogen-bond acceptors (Lipinski definition) is 5. The normalized spacial score (nSPS) is 14.0. The summed E-state index contributed by atoms with van der Waals surface area (Å²) in [6.07, 6.45) is -1.80. The Bertz CT molecular complexity index is 386. The molecule has 0 bridgehead atoms. The van der Waals surface area contributed by atoms with Gasteiger partial charge in [0.05, 0.1) is 12.6 Å². The van der Waals surface area contributed by atoms with Gasteiger partial charge in [-0.25, -0.2) is 0 Å². The molecule has 1 rings (SSSR count). The van der Waals surface area contributed by atoms with Gasteiger partial charge in [0.25, 0.3) is 0 Å². The number of aliphatic hydroxyl groups excluding tert-OH is 2. The number of thiophene rings is 1. The van der Waals surface area contributed by atoms with Gasteiger partial charge in [-0.05, 0) is 10.9 Å². The summed E-state index contributed by atoms with van der Waals surface area (Å²) in [6.45, 7) is -0.230. The monoisotopic (exact) mass is 227 g/mol. The number of aldehydes is 1. The van der Waals surface area contributed by atoms with Crippen molar-refractivity contribution in [3.05, 3.63) is 32.3 Å². The molecular formula is C8H9N3O3S. The van der Waals surface area contributed by atoms with Crippen LogP contribution in [0.4, 0.5) is 0 Å². The third-order valence-electron chi connectivity index (χ3n) is 1.87. The van der Waals surface area contributed by atoms with E-state index in [9.17, 15) is 15.0 Å². The zero-order valence-corrected chi connectivity index (χ0v) is 8.46. The van der Waals surface area contributed by atoms with E-state index < -0.39 is 12.2 Å². The largest absolute Gasteiger partial charge is 0.390 e. The average Bonchev–Trinajstić information content (AvgIpc) is 2.72. The fourth-order valence-corrected chi connectivity index (χ4v) is 1.91. The predicted octanol–water partition coefficient (Wildman–Crippen LogP) is 1.27. The lowest BCUT2D eigenvalue weighted by Crippen LogP contribution is -2.21. The van der Waals surface area contributed by atoms with E-state index in [1.165, 1.54) is 11.3 Å². The maximum atomic E-state index is 10.6. The molecule has 0 saturated carbocycles. The third kappa shape index (κ3) is 2.77. The topological polar surface area (TPSA) is 106 Å². The van der Waals surface area contributed by atoms with Crippen molar-refractivity contribution in [3.63, 3.8) is 0 Å². The SMILES string of the molecule is [N-]=[N+]=NCC(O)C(O)c1cscc1C=O. The molecule has 1 aromatic rings. The van der Waals surface area contributed by atoms with Crippen molar-refractivity contribution >= 4 is 17.6 Å². The zero-order chi connectivity index (χ0) is 11.3. The van der Waals surface area contributed by atoms with Gasteiger partial charge in [0.2, 0.25) is 0 Å². The van der Waals surface area contributed by atoms with Gasteiger partial charge in [0, 0.05) is 21.4 Å². The molecule has 15 heavy (non-hydrogen) atoms. The molecule has 2 N–H and O–H groups in total. The van der Waals surface area contributed by atoms with Gasteiger partial charge in [0.1, 0.15) is 6.10 Å². The lowest BCUT2D eigenvalue weighted by molar-refractivity contribution is 0.0243. The molecule has 6 nitrogen and oxygen atoms in total. The number of azide groups is 1. The Balaban J connectivity index is 2.79. The number of rotatable bonds is 5. The molecule has 7 heteroatoms. The lowest BCUT2D eigenvalue weighted by atomic mass is 10.0. The summed E-state index contributed by atoms with van der Waals surface area (Å²) in [6, 6.07) is 0. The summed E-state index contributed by atoms with van der Waals surface area (Å²) in [4.78, 5) is 13.0. The Morgan fingerprint density at radius 2 is 2.33 bits per heavy atom. The molecule has 0 radical (unpaired) electrons. The fraction of sp³-hybridized carbons (Fsp3) is 0.375. The van der Waals surface area contributed by atoms with Gasteiger partial charge in [-0.2, -0.15) is 11.3 Å². The minimum absolute atomic E-state index is 0.230. The van der Waals surface area contributed by atoms with Crippen LogP contribution < -0.4 is 0 Å². The van der Waals surface area contributed by atoms with E-state index in [1.807, 2.05) is 0 Å². The number of hydrogen-bond donors (Lipinski definition) is 2. The minimum atomic E-state index is -1.21. The van der Waals surface area contributed by atoms with Crippen LogP contribution in [0.25, 0.3) is 10.4 Å². The Morgan fingerprint density at radius 1 is 1.60 bits per heavy atom. The smallest absolute Gasteiger partial charge is 0.151 e. The first kappa shape index (κ1) is 11.7. The van der Waals surface area contributed by atoms with Crippen LogP contribution in [0.5, 0.6) is 0 Å². The van der Waals surface area contributed by atoms with Crippen LogP contribution >= 0.6 is 11.3 Å². The van der Waals surface area contributed by atoms with E-state index in [0.717, 1.165) is 0 Å². The third-order valence-corrected chi connectivity index (χ3v) is 2.65. The van der Waals surface area contributed by atoms with Gasteiger partial charge < -0.3 is 10.2 Å². The van der Waals surface area contributed by atoms with Crippen molar-refractivity contribution in [2.24, 2.45) is 5.11 Å². The Hall–Kier alpha value is -1.40. The van der Waals surface area contributed by atoms with E-state index in [0.29, 0.717) is 17.4 Å². The Morgan fingerprint density at radius 3 is 2.93 bits per heavy atom. The summed E-state index contributed by atoms with van der Waals surface area (Å²) < 4.78 is 0. The van der Waals surface area contributed by atoms with Crippen LogP contribution in [0.3, 0.4) is 0 Å². The molecule has 80 valence electrons. The van der Waals surface area contributed by atoms with Crippen molar-refractivity contribution in [2.75, 3.05) is 6.54 Å². The van der Waals surface area contributed by atoms with Gasteiger partial charge >= 0.3 is 0 Å². The van der Waals surface area contributed by atoms with Crippen molar-refractivity contribution in [2.45, 2.75) is 12.2 Å². The molecule has 0 aliphatic heterocycles. The highest BCUT2D eigenvalue weighted by molar-refractivity contribution is 7.08. The number of carbonyl (C=O) groups is 1. The van der Waals surface area contributed by atoms with Crippen LogP contribution in [0.2, 0.25) is 0 Å². The highest BCUT2D eigenvalue weighted by Gasteiger charge is 2.20. The summed E-state index contributed by atoms with van der Waals surface area (Å²) in [5.41, 5.74) is 8.74. The average molecular weight is 227 g/mol.